The number of hydrogen-bond acceptors (Lipinski definition) is 5. The van der Waals surface area contributed by atoms with Gasteiger partial charge in [-0.2, -0.15) is 0 Å². The summed E-state index contributed by atoms with van der Waals surface area (Å²) in [4.78, 5) is 27.8. The topological polar surface area (TPSA) is 84.3 Å². The molecule has 1 aliphatic heterocycles. The summed E-state index contributed by atoms with van der Waals surface area (Å²) in [7, 11) is 1.60. The van der Waals surface area contributed by atoms with Gasteiger partial charge in [0.2, 0.25) is 0 Å². The van der Waals surface area contributed by atoms with Crippen LogP contribution in [0.2, 0.25) is 0 Å². The molecule has 8 heteroatoms. The minimum Gasteiger partial charge on any atom is -0.497 e. The van der Waals surface area contributed by atoms with E-state index in [2.05, 4.69) is 5.32 Å². The van der Waals surface area contributed by atoms with Crippen LogP contribution in [0, 0.1) is 0 Å². The third-order valence-corrected chi connectivity index (χ3v) is 4.27. The second-order valence-corrected chi connectivity index (χ2v) is 6.02. The van der Waals surface area contributed by atoms with Crippen LogP contribution in [0.15, 0.2) is 47.1 Å². The van der Waals surface area contributed by atoms with E-state index >= 15 is 0 Å². The predicted octanol–water partition coefficient (Wildman–Crippen LogP) is 1.83. The summed E-state index contributed by atoms with van der Waals surface area (Å²) < 4.78 is 15.9. The van der Waals surface area contributed by atoms with Gasteiger partial charge in [-0.25, -0.2) is 4.79 Å². The molecule has 0 spiro atoms. The molecule has 1 aromatic heterocycles. The first kappa shape index (κ1) is 18.6. The molecule has 3 rings (SSSR count). The average Bonchev–Trinajstić information content (AvgIpc) is 3.25. The van der Waals surface area contributed by atoms with Crippen LogP contribution in [0.1, 0.15) is 10.6 Å². The lowest BCUT2D eigenvalue weighted by Crippen LogP contribution is -2.53. The van der Waals surface area contributed by atoms with Gasteiger partial charge in [0, 0.05) is 32.2 Å². The molecule has 0 radical (unpaired) electrons. The van der Waals surface area contributed by atoms with Gasteiger partial charge in [-0.3, -0.25) is 4.79 Å². The number of carbonyl (C=O) groups excluding carboxylic acids is 2. The number of carbonyl (C=O) groups is 2. The van der Waals surface area contributed by atoms with Crippen LogP contribution >= 0.6 is 0 Å². The Bertz CT molecular complexity index is 754. The number of methoxy groups -OCH3 is 1. The van der Waals surface area contributed by atoms with E-state index in [9.17, 15) is 9.59 Å². The third-order valence-electron chi connectivity index (χ3n) is 4.27. The maximum absolute atomic E-state index is 12.2. The van der Waals surface area contributed by atoms with Crippen LogP contribution in [0.4, 0.5) is 4.79 Å². The van der Waals surface area contributed by atoms with E-state index in [1.54, 1.807) is 35.1 Å². The number of nitrogens with one attached hydrogen (secondary N) is 1. The molecule has 0 atom stereocenters. The molecule has 3 amide bonds. The Morgan fingerprint density at radius 3 is 2.52 bits per heavy atom. The number of piperazine rings is 1. The van der Waals surface area contributed by atoms with Crippen molar-refractivity contribution in [3.8, 4) is 11.5 Å². The lowest BCUT2D eigenvalue weighted by molar-refractivity contribution is 0.0634. The van der Waals surface area contributed by atoms with Gasteiger partial charge in [-0.15, -0.1) is 0 Å². The van der Waals surface area contributed by atoms with Crippen LogP contribution in [0.3, 0.4) is 0 Å². The van der Waals surface area contributed by atoms with Gasteiger partial charge >= 0.3 is 6.03 Å². The summed E-state index contributed by atoms with van der Waals surface area (Å²) in [5.74, 6) is 1.58. The van der Waals surface area contributed by atoms with E-state index in [1.807, 2.05) is 18.2 Å². The number of urea groups is 1. The molecule has 0 saturated carbocycles. The Morgan fingerprint density at radius 1 is 1.07 bits per heavy atom. The lowest BCUT2D eigenvalue weighted by atomic mass is 10.3. The van der Waals surface area contributed by atoms with E-state index in [-0.39, 0.29) is 11.9 Å². The third kappa shape index (κ3) is 4.93. The van der Waals surface area contributed by atoms with Crippen molar-refractivity contribution in [3.63, 3.8) is 0 Å². The van der Waals surface area contributed by atoms with Crippen molar-refractivity contribution in [2.24, 2.45) is 0 Å². The SMILES string of the molecule is COc1cccc(OCCNC(=O)N2CCN(C(=O)c3ccco3)CC2)c1. The molecule has 1 fully saturated rings. The maximum atomic E-state index is 12.2. The smallest absolute Gasteiger partial charge is 0.317 e. The van der Waals surface area contributed by atoms with Gasteiger partial charge in [0.15, 0.2) is 5.76 Å². The van der Waals surface area contributed by atoms with E-state index in [0.717, 1.165) is 5.75 Å². The maximum Gasteiger partial charge on any atom is 0.317 e. The fraction of sp³-hybridized carbons (Fsp3) is 0.368. The number of hydrogen-bond donors (Lipinski definition) is 1. The highest BCUT2D eigenvalue weighted by Crippen LogP contribution is 2.18. The molecular formula is C19H23N3O5. The van der Waals surface area contributed by atoms with Gasteiger partial charge in [0.05, 0.1) is 19.9 Å². The summed E-state index contributed by atoms with van der Waals surface area (Å²) in [6, 6.07) is 10.5. The first-order valence-electron chi connectivity index (χ1n) is 8.80. The fourth-order valence-corrected chi connectivity index (χ4v) is 2.80. The number of benzene rings is 1. The quantitative estimate of drug-likeness (QED) is 0.781. The molecule has 0 bridgehead atoms. The van der Waals surface area contributed by atoms with Crippen LogP contribution < -0.4 is 14.8 Å². The fourth-order valence-electron chi connectivity index (χ4n) is 2.80. The molecule has 1 N–H and O–H groups in total. The summed E-state index contributed by atoms with van der Waals surface area (Å²) in [5, 5.41) is 2.83. The zero-order chi connectivity index (χ0) is 19.1. The normalized spacial score (nSPS) is 14.0. The number of ether oxygens (including phenoxy) is 2. The number of amides is 3. The number of rotatable bonds is 6. The monoisotopic (exact) mass is 373 g/mol. The summed E-state index contributed by atoms with van der Waals surface area (Å²) in [6.45, 7) is 2.67. The van der Waals surface area contributed by atoms with Crippen molar-refractivity contribution in [2.75, 3.05) is 46.4 Å². The standard InChI is InChI=1S/C19H23N3O5/c1-25-15-4-2-5-16(14-15)26-13-7-20-19(24)22-10-8-21(9-11-22)18(23)17-6-3-12-27-17/h2-6,12,14H,7-11,13H2,1H3,(H,20,24). The number of furan rings is 1. The van der Waals surface area contributed by atoms with Crippen molar-refractivity contribution in [1.82, 2.24) is 15.1 Å². The highest BCUT2D eigenvalue weighted by molar-refractivity contribution is 5.91. The molecule has 0 unspecified atom stereocenters. The zero-order valence-electron chi connectivity index (χ0n) is 15.2. The minimum atomic E-state index is -0.158. The lowest BCUT2D eigenvalue weighted by Gasteiger charge is -2.34. The minimum absolute atomic E-state index is 0.147. The van der Waals surface area contributed by atoms with Gasteiger partial charge in [-0.05, 0) is 24.3 Å². The second-order valence-electron chi connectivity index (χ2n) is 6.02. The Hall–Kier alpha value is -3.16. The van der Waals surface area contributed by atoms with E-state index < -0.39 is 0 Å². The Balaban J connectivity index is 1.36. The van der Waals surface area contributed by atoms with Crippen molar-refractivity contribution < 1.29 is 23.5 Å². The molecule has 0 aliphatic carbocycles. The summed E-state index contributed by atoms with van der Waals surface area (Å²) >= 11 is 0. The largest absolute Gasteiger partial charge is 0.497 e. The molecule has 27 heavy (non-hydrogen) atoms. The highest BCUT2D eigenvalue weighted by Gasteiger charge is 2.25. The predicted molar refractivity (Wildman–Crippen MR) is 98.1 cm³/mol. The van der Waals surface area contributed by atoms with Crippen LogP contribution in [-0.4, -0.2) is 68.2 Å². The molecule has 8 nitrogen and oxygen atoms in total. The molecule has 1 saturated heterocycles. The molecular weight excluding hydrogens is 350 g/mol. The highest BCUT2D eigenvalue weighted by atomic mass is 16.5. The van der Waals surface area contributed by atoms with Crippen LogP contribution in [0.25, 0.3) is 0 Å². The van der Waals surface area contributed by atoms with E-state index in [0.29, 0.717) is 50.8 Å². The van der Waals surface area contributed by atoms with Crippen molar-refractivity contribution in [1.29, 1.82) is 0 Å². The zero-order valence-corrected chi connectivity index (χ0v) is 15.2. The van der Waals surface area contributed by atoms with Crippen molar-refractivity contribution in [3.05, 3.63) is 48.4 Å². The van der Waals surface area contributed by atoms with Gasteiger partial charge in [0.1, 0.15) is 18.1 Å². The summed E-state index contributed by atoms with van der Waals surface area (Å²) in [6.07, 6.45) is 1.48. The Morgan fingerprint density at radius 2 is 1.81 bits per heavy atom. The average molecular weight is 373 g/mol. The van der Waals surface area contributed by atoms with Gasteiger partial charge < -0.3 is 29.0 Å². The molecule has 2 aromatic rings. The van der Waals surface area contributed by atoms with Gasteiger partial charge in [0.25, 0.3) is 5.91 Å². The summed E-state index contributed by atoms with van der Waals surface area (Å²) in [5.41, 5.74) is 0. The molecule has 1 aromatic carbocycles. The van der Waals surface area contributed by atoms with Crippen molar-refractivity contribution in [2.45, 2.75) is 0 Å². The molecule has 2 heterocycles. The van der Waals surface area contributed by atoms with Crippen molar-refractivity contribution >= 4 is 11.9 Å². The van der Waals surface area contributed by atoms with Crippen LogP contribution in [-0.2, 0) is 0 Å². The Kier molecular flexibility index (Phi) is 6.19. The second kappa shape index (κ2) is 8.98. The van der Waals surface area contributed by atoms with Crippen LogP contribution in [0.5, 0.6) is 11.5 Å². The molecule has 144 valence electrons. The van der Waals surface area contributed by atoms with Gasteiger partial charge in [-0.1, -0.05) is 6.07 Å². The first-order valence-corrected chi connectivity index (χ1v) is 8.80. The Labute approximate surface area is 157 Å². The first-order chi connectivity index (χ1) is 13.2. The molecule has 1 aliphatic rings. The van der Waals surface area contributed by atoms with E-state index in [1.165, 1.54) is 6.26 Å². The van der Waals surface area contributed by atoms with E-state index in [4.69, 9.17) is 13.9 Å². The number of nitrogens with zero attached hydrogens (tertiary/aromatic N) is 2.